The molecular weight excluding hydrogens is 336 g/mol. The fourth-order valence-corrected chi connectivity index (χ4v) is 5.39. The number of carbonyl (C=O) groups excluding carboxylic acids is 1. The molecule has 0 N–H and O–H groups in total. The highest BCUT2D eigenvalue weighted by atomic mass is 32.2. The number of hydrogen-bond acceptors (Lipinski definition) is 6. The number of nitrogens with zero attached hydrogens (tertiary/aromatic N) is 2. The van der Waals surface area contributed by atoms with Gasteiger partial charge in [-0.25, -0.2) is 13.2 Å². The minimum atomic E-state index is -3.05. The van der Waals surface area contributed by atoms with Gasteiger partial charge in [0.15, 0.2) is 9.84 Å². The first-order valence-electron chi connectivity index (χ1n) is 7.63. The molecule has 1 aliphatic rings. The Kier molecular flexibility index (Phi) is 4.22. The molecule has 126 valence electrons. The number of thiophene rings is 1. The molecule has 1 atom stereocenters. The third kappa shape index (κ3) is 3.42. The van der Waals surface area contributed by atoms with E-state index in [1.54, 1.807) is 6.07 Å². The van der Waals surface area contributed by atoms with Crippen LogP contribution in [0.2, 0.25) is 0 Å². The molecule has 0 bridgehead atoms. The number of sulfone groups is 1. The van der Waals surface area contributed by atoms with E-state index in [2.05, 4.69) is 18.9 Å². The van der Waals surface area contributed by atoms with Crippen molar-refractivity contribution in [2.24, 2.45) is 5.92 Å². The summed E-state index contributed by atoms with van der Waals surface area (Å²) in [5, 5.41) is 5.47. The number of fused-ring (bicyclic) bond motifs is 1. The molecule has 1 aliphatic heterocycles. The van der Waals surface area contributed by atoms with Gasteiger partial charge in [0.25, 0.3) is 0 Å². The summed E-state index contributed by atoms with van der Waals surface area (Å²) >= 11 is 1.35. The highest BCUT2D eigenvalue weighted by Gasteiger charge is 2.31. The summed E-state index contributed by atoms with van der Waals surface area (Å²) in [6, 6.07) is 1.80. The SMILES string of the molecule is Cc1nn(CC(C)C)c2sc(C(=O)OC3CCS(=O)(=O)C3)cc12. The zero-order valence-corrected chi connectivity index (χ0v) is 15.0. The third-order valence-electron chi connectivity index (χ3n) is 3.81. The van der Waals surface area contributed by atoms with Crippen LogP contribution in [0.3, 0.4) is 0 Å². The van der Waals surface area contributed by atoms with Crippen LogP contribution in [-0.2, 0) is 21.1 Å². The van der Waals surface area contributed by atoms with Crippen LogP contribution in [0.25, 0.3) is 10.2 Å². The summed E-state index contributed by atoms with van der Waals surface area (Å²) in [7, 11) is -3.05. The number of aryl methyl sites for hydroxylation is 1. The van der Waals surface area contributed by atoms with Gasteiger partial charge in [0.2, 0.25) is 0 Å². The maximum absolute atomic E-state index is 12.3. The van der Waals surface area contributed by atoms with E-state index in [9.17, 15) is 13.2 Å². The maximum Gasteiger partial charge on any atom is 0.348 e. The molecule has 1 unspecified atom stereocenters. The van der Waals surface area contributed by atoms with Gasteiger partial charge in [-0.2, -0.15) is 5.10 Å². The Morgan fingerprint density at radius 2 is 2.26 bits per heavy atom. The number of aromatic nitrogens is 2. The molecule has 6 nitrogen and oxygen atoms in total. The second-order valence-electron chi connectivity index (χ2n) is 6.42. The molecule has 0 radical (unpaired) electrons. The Hall–Kier alpha value is -1.41. The molecule has 3 rings (SSSR count). The number of carbonyl (C=O) groups is 1. The number of ether oxygens (including phenoxy) is 1. The largest absolute Gasteiger partial charge is 0.457 e. The Morgan fingerprint density at radius 1 is 1.52 bits per heavy atom. The fourth-order valence-electron chi connectivity index (χ4n) is 2.75. The first-order chi connectivity index (χ1) is 10.7. The first kappa shape index (κ1) is 16.4. The lowest BCUT2D eigenvalue weighted by atomic mass is 10.2. The van der Waals surface area contributed by atoms with Gasteiger partial charge in [0.1, 0.15) is 15.8 Å². The smallest absolute Gasteiger partial charge is 0.348 e. The second-order valence-corrected chi connectivity index (χ2v) is 9.68. The summed E-state index contributed by atoms with van der Waals surface area (Å²) in [6.45, 7) is 6.95. The summed E-state index contributed by atoms with van der Waals surface area (Å²) in [6.07, 6.45) is -0.134. The van der Waals surface area contributed by atoms with E-state index in [4.69, 9.17) is 4.74 Å². The molecule has 1 saturated heterocycles. The molecule has 2 aromatic heterocycles. The Balaban J connectivity index is 1.81. The lowest BCUT2D eigenvalue weighted by Gasteiger charge is -2.08. The molecular formula is C15H20N2O4S2. The van der Waals surface area contributed by atoms with Crippen LogP contribution in [0, 0.1) is 12.8 Å². The van der Waals surface area contributed by atoms with Crippen molar-refractivity contribution >= 4 is 37.4 Å². The predicted octanol–water partition coefficient (Wildman–Crippen LogP) is 2.41. The highest BCUT2D eigenvalue weighted by molar-refractivity contribution is 7.91. The average molecular weight is 356 g/mol. The minimum absolute atomic E-state index is 0.0657. The van der Waals surface area contributed by atoms with E-state index >= 15 is 0 Å². The van der Waals surface area contributed by atoms with E-state index < -0.39 is 21.9 Å². The molecule has 0 saturated carbocycles. The van der Waals surface area contributed by atoms with Crippen LogP contribution < -0.4 is 0 Å². The summed E-state index contributed by atoms with van der Waals surface area (Å²) in [5.74, 6) is 0.0476. The van der Waals surface area contributed by atoms with Crippen LogP contribution in [-0.4, -0.2) is 41.8 Å². The van der Waals surface area contributed by atoms with Crippen molar-refractivity contribution in [3.8, 4) is 0 Å². The Bertz CT molecular complexity index is 848. The highest BCUT2D eigenvalue weighted by Crippen LogP contribution is 2.30. The quantitative estimate of drug-likeness (QED) is 0.786. The molecule has 23 heavy (non-hydrogen) atoms. The summed E-state index contributed by atoms with van der Waals surface area (Å²) in [5.41, 5.74) is 0.888. The standard InChI is InChI=1S/C15H20N2O4S2/c1-9(2)7-17-14-12(10(3)16-17)6-13(22-14)15(18)21-11-4-5-23(19,20)8-11/h6,9,11H,4-5,7-8H2,1-3H3. The summed E-state index contributed by atoms with van der Waals surface area (Å²) < 4.78 is 30.2. The fraction of sp³-hybridized carbons (Fsp3) is 0.600. The number of esters is 1. The molecule has 0 aliphatic carbocycles. The topological polar surface area (TPSA) is 78.3 Å². The van der Waals surface area contributed by atoms with E-state index in [0.717, 1.165) is 22.5 Å². The predicted molar refractivity (Wildman–Crippen MR) is 89.7 cm³/mol. The van der Waals surface area contributed by atoms with Crippen LogP contribution in [0.1, 0.15) is 35.6 Å². The van der Waals surface area contributed by atoms with Crippen LogP contribution in [0.15, 0.2) is 6.07 Å². The van der Waals surface area contributed by atoms with Crippen molar-refractivity contribution in [1.82, 2.24) is 9.78 Å². The van der Waals surface area contributed by atoms with E-state index in [1.165, 1.54) is 11.3 Å². The molecule has 3 heterocycles. The van der Waals surface area contributed by atoms with Crippen molar-refractivity contribution in [2.45, 2.75) is 39.8 Å². The van der Waals surface area contributed by atoms with Gasteiger partial charge in [-0.15, -0.1) is 11.3 Å². The van der Waals surface area contributed by atoms with Crippen molar-refractivity contribution < 1.29 is 17.9 Å². The van der Waals surface area contributed by atoms with Crippen molar-refractivity contribution in [3.63, 3.8) is 0 Å². The van der Waals surface area contributed by atoms with E-state index in [-0.39, 0.29) is 11.5 Å². The van der Waals surface area contributed by atoms with Gasteiger partial charge < -0.3 is 4.74 Å². The van der Waals surface area contributed by atoms with Crippen molar-refractivity contribution in [1.29, 1.82) is 0 Å². The van der Waals surface area contributed by atoms with Crippen LogP contribution >= 0.6 is 11.3 Å². The third-order valence-corrected chi connectivity index (χ3v) is 6.68. The molecule has 2 aromatic rings. The monoisotopic (exact) mass is 356 g/mol. The lowest BCUT2D eigenvalue weighted by Crippen LogP contribution is -2.18. The Labute approximate surface area is 139 Å². The molecule has 1 fully saturated rings. The molecule has 8 heteroatoms. The van der Waals surface area contributed by atoms with E-state index in [1.807, 2.05) is 11.6 Å². The van der Waals surface area contributed by atoms with Gasteiger partial charge in [-0.05, 0) is 25.3 Å². The number of rotatable bonds is 4. The second kappa shape index (κ2) is 5.90. The Morgan fingerprint density at radius 3 is 2.87 bits per heavy atom. The average Bonchev–Trinajstić information content (AvgIpc) is 3.07. The number of hydrogen-bond donors (Lipinski definition) is 0. The van der Waals surface area contributed by atoms with Gasteiger partial charge in [0.05, 0.1) is 17.2 Å². The molecule has 0 spiro atoms. The maximum atomic E-state index is 12.3. The van der Waals surface area contributed by atoms with Gasteiger partial charge in [0, 0.05) is 11.9 Å². The van der Waals surface area contributed by atoms with Crippen LogP contribution in [0.5, 0.6) is 0 Å². The minimum Gasteiger partial charge on any atom is -0.457 e. The molecule has 0 amide bonds. The van der Waals surface area contributed by atoms with Gasteiger partial charge in [-0.1, -0.05) is 13.8 Å². The first-order valence-corrected chi connectivity index (χ1v) is 10.3. The lowest BCUT2D eigenvalue weighted by molar-refractivity contribution is 0.0362. The van der Waals surface area contributed by atoms with Crippen molar-refractivity contribution in [3.05, 3.63) is 16.6 Å². The van der Waals surface area contributed by atoms with E-state index in [0.29, 0.717) is 17.2 Å². The zero-order valence-electron chi connectivity index (χ0n) is 13.4. The normalized spacial score (nSPS) is 20.4. The van der Waals surface area contributed by atoms with Gasteiger partial charge >= 0.3 is 5.97 Å². The summed E-state index contributed by atoms with van der Waals surface area (Å²) in [4.78, 5) is 13.8. The molecule has 0 aromatic carbocycles. The van der Waals surface area contributed by atoms with Gasteiger partial charge in [-0.3, -0.25) is 4.68 Å². The van der Waals surface area contributed by atoms with Crippen molar-refractivity contribution in [2.75, 3.05) is 11.5 Å². The van der Waals surface area contributed by atoms with Crippen LogP contribution in [0.4, 0.5) is 0 Å². The zero-order chi connectivity index (χ0) is 16.8.